The van der Waals surface area contributed by atoms with Gasteiger partial charge in [0.05, 0.1) is 5.69 Å². The minimum Gasteiger partial charge on any atom is -0.322 e. The summed E-state index contributed by atoms with van der Waals surface area (Å²) < 4.78 is 13.7. The Hall–Kier alpha value is -1.66. The maximum Gasteiger partial charge on any atom is 0.279 e. The number of halogens is 3. The van der Waals surface area contributed by atoms with Gasteiger partial charge in [-0.2, -0.15) is 0 Å². The number of hydrogen-bond acceptors (Lipinski definition) is 1. The summed E-state index contributed by atoms with van der Waals surface area (Å²) in [4.78, 5) is 14.9. The fourth-order valence-corrected chi connectivity index (χ4v) is 3.51. The molecule has 2 aromatic carbocycles. The molecule has 0 unspecified atom stereocenters. The van der Waals surface area contributed by atoms with Gasteiger partial charge in [-0.05, 0) is 30.3 Å². The van der Waals surface area contributed by atoms with Crippen LogP contribution in [0.15, 0.2) is 42.5 Å². The molecule has 3 rings (SSSR count). The van der Waals surface area contributed by atoms with E-state index in [-0.39, 0.29) is 11.6 Å². The second kappa shape index (κ2) is 8.82. The van der Waals surface area contributed by atoms with Crippen molar-refractivity contribution in [3.05, 3.63) is 63.9 Å². The molecular formula is C19H22Cl2FN3O+2. The molecule has 1 heterocycles. The van der Waals surface area contributed by atoms with E-state index in [1.807, 2.05) is 12.1 Å². The topological polar surface area (TPSA) is 38.0 Å². The van der Waals surface area contributed by atoms with Gasteiger partial charge in [0.2, 0.25) is 0 Å². The number of rotatable bonds is 5. The molecule has 26 heavy (non-hydrogen) atoms. The van der Waals surface area contributed by atoms with Crippen LogP contribution in [0.2, 0.25) is 10.0 Å². The monoisotopic (exact) mass is 397 g/mol. The van der Waals surface area contributed by atoms with Crippen LogP contribution in [0.1, 0.15) is 5.56 Å². The number of nitrogens with one attached hydrogen (secondary N) is 3. The van der Waals surface area contributed by atoms with Gasteiger partial charge >= 0.3 is 0 Å². The van der Waals surface area contributed by atoms with Crippen molar-refractivity contribution in [2.24, 2.45) is 0 Å². The molecule has 1 aliphatic heterocycles. The van der Waals surface area contributed by atoms with Gasteiger partial charge in [-0.25, -0.2) is 4.39 Å². The number of quaternary nitrogens is 2. The molecule has 7 heteroatoms. The van der Waals surface area contributed by atoms with Crippen LogP contribution in [0.25, 0.3) is 0 Å². The van der Waals surface area contributed by atoms with E-state index in [1.54, 1.807) is 0 Å². The molecule has 1 aliphatic rings. The van der Waals surface area contributed by atoms with Crippen molar-refractivity contribution >= 4 is 34.8 Å². The smallest absolute Gasteiger partial charge is 0.279 e. The molecule has 3 N–H and O–H groups in total. The Morgan fingerprint density at radius 1 is 0.962 bits per heavy atom. The third-order valence-corrected chi connectivity index (χ3v) is 5.13. The average molecular weight is 398 g/mol. The van der Waals surface area contributed by atoms with E-state index in [9.17, 15) is 9.18 Å². The van der Waals surface area contributed by atoms with Gasteiger partial charge in [0, 0.05) is 15.6 Å². The van der Waals surface area contributed by atoms with Gasteiger partial charge in [0.1, 0.15) is 38.5 Å². The number of carbonyl (C=O) groups excluding carboxylic acids is 1. The van der Waals surface area contributed by atoms with Gasteiger partial charge in [-0.15, -0.1) is 0 Å². The van der Waals surface area contributed by atoms with Crippen molar-refractivity contribution in [2.45, 2.75) is 6.54 Å². The zero-order valence-electron chi connectivity index (χ0n) is 14.3. The van der Waals surface area contributed by atoms with Gasteiger partial charge in [-0.1, -0.05) is 35.3 Å². The molecule has 2 aromatic rings. The molecule has 0 atom stereocenters. The lowest BCUT2D eigenvalue weighted by Gasteiger charge is -2.29. The van der Waals surface area contributed by atoms with Crippen LogP contribution in [0.3, 0.4) is 0 Å². The maximum absolute atomic E-state index is 13.7. The molecule has 138 valence electrons. The van der Waals surface area contributed by atoms with Crippen LogP contribution in [0.4, 0.5) is 10.1 Å². The fourth-order valence-electron chi connectivity index (χ4n) is 3.22. The Bertz CT molecular complexity index is 762. The maximum atomic E-state index is 13.7. The number of piperazine rings is 1. The third-order valence-electron chi connectivity index (χ3n) is 4.64. The minimum absolute atomic E-state index is 0.133. The predicted molar refractivity (Wildman–Crippen MR) is 101 cm³/mol. The number of benzene rings is 2. The first-order valence-electron chi connectivity index (χ1n) is 8.66. The van der Waals surface area contributed by atoms with Gasteiger partial charge in [-0.3, -0.25) is 4.79 Å². The molecule has 0 saturated carbocycles. The summed E-state index contributed by atoms with van der Waals surface area (Å²) in [6.07, 6.45) is 0. The third kappa shape index (κ3) is 5.42. The lowest BCUT2D eigenvalue weighted by Crippen LogP contribution is -3.28. The SMILES string of the molecule is O=C(C[NH+]1CC[NH+](Cc2ccc(Cl)cc2)CC1)Nc1cc(Cl)ccc1F. The lowest BCUT2D eigenvalue weighted by molar-refractivity contribution is -1.02. The zero-order valence-corrected chi connectivity index (χ0v) is 15.8. The van der Waals surface area contributed by atoms with Crippen LogP contribution in [0, 0.1) is 5.82 Å². The largest absolute Gasteiger partial charge is 0.322 e. The summed E-state index contributed by atoms with van der Waals surface area (Å²) >= 11 is 11.8. The Balaban J connectivity index is 1.45. The predicted octanol–water partition coefficient (Wildman–Crippen LogP) is 1.05. The Morgan fingerprint density at radius 2 is 1.58 bits per heavy atom. The molecule has 4 nitrogen and oxygen atoms in total. The van der Waals surface area contributed by atoms with Crippen LogP contribution in [-0.4, -0.2) is 38.6 Å². The van der Waals surface area contributed by atoms with Crippen molar-refractivity contribution in [3.8, 4) is 0 Å². The molecule has 0 aliphatic carbocycles. The lowest BCUT2D eigenvalue weighted by atomic mass is 10.2. The number of carbonyl (C=O) groups is 1. The average Bonchev–Trinajstić information content (AvgIpc) is 2.62. The molecule has 0 radical (unpaired) electrons. The number of hydrogen-bond donors (Lipinski definition) is 3. The van der Waals surface area contributed by atoms with Gasteiger partial charge in [0.15, 0.2) is 6.54 Å². The van der Waals surface area contributed by atoms with Gasteiger partial charge < -0.3 is 15.1 Å². The highest BCUT2D eigenvalue weighted by atomic mass is 35.5. The Kier molecular flexibility index (Phi) is 6.48. The highest BCUT2D eigenvalue weighted by Crippen LogP contribution is 2.19. The zero-order chi connectivity index (χ0) is 18.5. The molecule has 0 spiro atoms. The van der Waals surface area contributed by atoms with E-state index in [0.29, 0.717) is 11.6 Å². The van der Waals surface area contributed by atoms with Crippen LogP contribution in [0.5, 0.6) is 0 Å². The summed E-state index contributed by atoms with van der Waals surface area (Å²) in [6.45, 7) is 5.11. The summed E-state index contributed by atoms with van der Waals surface area (Å²) in [5, 5.41) is 3.76. The second-order valence-electron chi connectivity index (χ2n) is 6.65. The molecule has 0 aromatic heterocycles. The standard InChI is InChI=1S/C19H20Cl2FN3O/c20-15-3-1-14(2-4-15)12-24-7-9-25(10-8-24)13-19(26)23-18-11-16(21)5-6-17(18)22/h1-6,11H,7-10,12-13H2,(H,23,26)/p+2. The Labute approximate surface area is 162 Å². The van der Waals surface area contributed by atoms with Crippen molar-refractivity contribution < 1.29 is 19.0 Å². The molecule has 1 amide bonds. The fraction of sp³-hybridized carbons (Fsp3) is 0.316. The normalized spacial score (nSPS) is 20.0. The summed E-state index contributed by atoms with van der Waals surface area (Å²) in [6, 6.07) is 12.1. The van der Waals surface area contributed by atoms with Crippen molar-refractivity contribution in [1.29, 1.82) is 0 Å². The van der Waals surface area contributed by atoms with E-state index in [4.69, 9.17) is 23.2 Å². The van der Waals surface area contributed by atoms with E-state index in [1.165, 1.54) is 33.6 Å². The van der Waals surface area contributed by atoms with Gasteiger partial charge in [0.25, 0.3) is 5.91 Å². The first-order chi connectivity index (χ1) is 12.5. The Morgan fingerprint density at radius 3 is 2.27 bits per heavy atom. The van der Waals surface area contributed by atoms with Crippen molar-refractivity contribution in [2.75, 3.05) is 38.0 Å². The minimum atomic E-state index is -0.477. The van der Waals surface area contributed by atoms with E-state index in [2.05, 4.69) is 17.4 Å². The van der Waals surface area contributed by atoms with Crippen molar-refractivity contribution in [1.82, 2.24) is 0 Å². The van der Waals surface area contributed by atoms with Crippen LogP contribution >= 0.6 is 23.2 Å². The number of anilines is 1. The molecule has 1 saturated heterocycles. The first kappa shape index (κ1) is 19.1. The summed E-state index contributed by atoms with van der Waals surface area (Å²) in [7, 11) is 0. The quantitative estimate of drug-likeness (QED) is 0.693. The van der Waals surface area contributed by atoms with Crippen molar-refractivity contribution in [3.63, 3.8) is 0 Å². The van der Waals surface area contributed by atoms with E-state index in [0.717, 1.165) is 37.7 Å². The molecular weight excluding hydrogens is 376 g/mol. The highest BCUT2D eigenvalue weighted by molar-refractivity contribution is 6.31. The van der Waals surface area contributed by atoms with E-state index >= 15 is 0 Å². The first-order valence-corrected chi connectivity index (χ1v) is 9.41. The highest BCUT2D eigenvalue weighted by Gasteiger charge is 2.25. The second-order valence-corrected chi connectivity index (χ2v) is 7.53. The molecule has 1 fully saturated rings. The summed E-state index contributed by atoms with van der Waals surface area (Å²) in [5.41, 5.74) is 1.40. The van der Waals surface area contributed by atoms with Crippen LogP contribution < -0.4 is 15.1 Å². The summed E-state index contributed by atoms with van der Waals surface area (Å²) in [5.74, 6) is -0.669. The van der Waals surface area contributed by atoms with E-state index < -0.39 is 5.82 Å². The van der Waals surface area contributed by atoms with Crippen LogP contribution in [-0.2, 0) is 11.3 Å². The molecule has 0 bridgehead atoms. The number of amides is 1.